The Hall–Kier alpha value is -3.51. The third-order valence-corrected chi connectivity index (χ3v) is 7.98. The van der Waals surface area contributed by atoms with Crippen molar-refractivity contribution >= 4 is 39.1 Å². The Morgan fingerprint density at radius 3 is 2.74 bits per heavy atom. The lowest BCUT2D eigenvalue weighted by Gasteiger charge is -2.21. The summed E-state index contributed by atoms with van der Waals surface area (Å²) in [5.41, 5.74) is 11.4. The van der Waals surface area contributed by atoms with Crippen molar-refractivity contribution in [3.63, 3.8) is 0 Å². The molecule has 6 heteroatoms. The highest BCUT2D eigenvalue weighted by Gasteiger charge is 2.29. The van der Waals surface area contributed by atoms with Crippen molar-refractivity contribution in [1.29, 1.82) is 0 Å². The van der Waals surface area contributed by atoms with E-state index in [0.717, 1.165) is 59.0 Å². The summed E-state index contributed by atoms with van der Waals surface area (Å²) < 4.78 is 0. The summed E-state index contributed by atoms with van der Waals surface area (Å²) in [6.07, 6.45) is 5.16. The van der Waals surface area contributed by atoms with E-state index in [4.69, 9.17) is 10.7 Å². The number of primary amides is 1. The highest BCUT2D eigenvalue weighted by Crippen LogP contribution is 2.41. The maximum atomic E-state index is 13.6. The van der Waals surface area contributed by atoms with Gasteiger partial charge in [-0.15, -0.1) is 11.3 Å². The number of nitrogens with zero attached hydrogens (tertiary/aromatic N) is 1. The summed E-state index contributed by atoms with van der Waals surface area (Å²) in [6, 6.07) is 17.6. The largest absolute Gasteiger partial charge is 0.365 e. The molecule has 4 aromatic rings. The fourth-order valence-electron chi connectivity index (χ4n) is 5.14. The number of nitrogens with one attached hydrogen (secondary N) is 1. The number of aromatic nitrogens is 1. The number of aryl methyl sites for hydroxylation is 1. The molecule has 5 nitrogen and oxygen atoms in total. The predicted molar refractivity (Wildman–Crippen MR) is 143 cm³/mol. The third kappa shape index (κ3) is 4.58. The average molecular weight is 484 g/mol. The van der Waals surface area contributed by atoms with Crippen molar-refractivity contribution in [1.82, 2.24) is 4.98 Å². The SMILES string of the molecule is CCC[C@@H]1CCc2c(sc(NC(=O)c3cc(-c4cccc(C)c4)nc4ccccc34)c2C(N)=O)C1. The van der Waals surface area contributed by atoms with Crippen LogP contribution in [0.2, 0.25) is 0 Å². The molecule has 1 atom stereocenters. The predicted octanol–water partition coefficient (Wildman–Crippen LogP) is 6.53. The number of pyridine rings is 1. The van der Waals surface area contributed by atoms with Gasteiger partial charge in [-0.2, -0.15) is 0 Å². The van der Waals surface area contributed by atoms with Crippen molar-refractivity contribution in [3.8, 4) is 11.3 Å². The molecule has 2 amide bonds. The van der Waals surface area contributed by atoms with E-state index in [0.29, 0.717) is 22.0 Å². The maximum Gasteiger partial charge on any atom is 0.257 e. The summed E-state index contributed by atoms with van der Waals surface area (Å²) in [5.74, 6) is -0.119. The number of nitrogens with two attached hydrogens (primary N) is 1. The van der Waals surface area contributed by atoms with Crippen LogP contribution in [0.5, 0.6) is 0 Å². The molecule has 3 N–H and O–H groups in total. The molecular weight excluding hydrogens is 454 g/mol. The van der Waals surface area contributed by atoms with Gasteiger partial charge in [0.05, 0.1) is 22.3 Å². The number of benzene rings is 2. The second-order valence-corrected chi connectivity index (χ2v) is 10.5. The smallest absolute Gasteiger partial charge is 0.257 e. The van der Waals surface area contributed by atoms with Crippen LogP contribution in [-0.2, 0) is 12.8 Å². The minimum atomic E-state index is -0.480. The first kappa shape index (κ1) is 23.2. The van der Waals surface area contributed by atoms with Crippen LogP contribution in [0.15, 0.2) is 54.6 Å². The van der Waals surface area contributed by atoms with Gasteiger partial charge in [-0.25, -0.2) is 4.98 Å². The maximum absolute atomic E-state index is 13.6. The van der Waals surface area contributed by atoms with Crippen molar-refractivity contribution in [3.05, 3.63) is 81.7 Å². The summed E-state index contributed by atoms with van der Waals surface area (Å²) in [6.45, 7) is 4.24. The van der Waals surface area contributed by atoms with Crippen LogP contribution >= 0.6 is 11.3 Å². The lowest BCUT2D eigenvalue weighted by atomic mass is 9.84. The van der Waals surface area contributed by atoms with Gasteiger partial charge < -0.3 is 11.1 Å². The van der Waals surface area contributed by atoms with Crippen LogP contribution in [0.1, 0.15) is 62.9 Å². The molecule has 2 heterocycles. The Morgan fingerprint density at radius 1 is 1.14 bits per heavy atom. The number of para-hydroxylation sites is 1. The lowest BCUT2D eigenvalue weighted by Crippen LogP contribution is -2.20. The number of amides is 2. The molecule has 0 bridgehead atoms. The van der Waals surface area contributed by atoms with Crippen LogP contribution in [-0.4, -0.2) is 16.8 Å². The Kier molecular flexibility index (Phi) is 6.39. The number of fused-ring (bicyclic) bond motifs is 2. The first-order valence-corrected chi connectivity index (χ1v) is 13.0. The summed E-state index contributed by atoms with van der Waals surface area (Å²) in [7, 11) is 0. The van der Waals surface area contributed by atoms with Gasteiger partial charge in [0.2, 0.25) is 0 Å². The van der Waals surface area contributed by atoms with Crippen molar-refractivity contribution in [2.24, 2.45) is 11.7 Å². The number of carbonyl (C=O) groups excluding carboxylic acids is 2. The number of thiophene rings is 1. The Balaban J connectivity index is 1.55. The first-order valence-electron chi connectivity index (χ1n) is 12.2. The van der Waals surface area contributed by atoms with E-state index in [9.17, 15) is 9.59 Å². The minimum Gasteiger partial charge on any atom is -0.365 e. The van der Waals surface area contributed by atoms with Gasteiger partial charge in [-0.1, -0.05) is 61.7 Å². The lowest BCUT2D eigenvalue weighted by molar-refractivity contribution is 0.1000. The molecule has 0 saturated carbocycles. The Morgan fingerprint density at radius 2 is 1.97 bits per heavy atom. The number of carbonyl (C=O) groups is 2. The van der Waals surface area contributed by atoms with E-state index in [2.05, 4.69) is 18.3 Å². The second-order valence-electron chi connectivity index (χ2n) is 9.37. The van der Waals surface area contributed by atoms with Crippen LogP contribution in [0.25, 0.3) is 22.2 Å². The van der Waals surface area contributed by atoms with E-state index in [1.54, 1.807) is 0 Å². The minimum absolute atomic E-state index is 0.260. The molecule has 0 radical (unpaired) electrons. The van der Waals surface area contributed by atoms with Gasteiger partial charge in [0.25, 0.3) is 11.8 Å². The molecule has 178 valence electrons. The normalized spacial score (nSPS) is 15.1. The average Bonchev–Trinajstić information content (AvgIpc) is 3.20. The highest BCUT2D eigenvalue weighted by atomic mass is 32.1. The van der Waals surface area contributed by atoms with E-state index in [-0.39, 0.29) is 5.91 Å². The molecule has 2 aromatic heterocycles. The molecule has 5 rings (SSSR count). The van der Waals surface area contributed by atoms with Gasteiger partial charge in [0.15, 0.2) is 0 Å². The first-order chi connectivity index (χ1) is 16.9. The zero-order valence-corrected chi connectivity index (χ0v) is 20.9. The van der Waals surface area contributed by atoms with E-state index in [1.165, 1.54) is 22.6 Å². The van der Waals surface area contributed by atoms with Gasteiger partial charge in [0.1, 0.15) is 5.00 Å². The fraction of sp³-hybridized carbons (Fsp3) is 0.276. The van der Waals surface area contributed by atoms with Crippen molar-refractivity contribution in [2.45, 2.75) is 46.0 Å². The molecule has 0 unspecified atom stereocenters. The van der Waals surface area contributed by atoms with Crippen LogP contribution in [0, 0.1) is 12.8 Å². The standard InChI is InChI=1S/C29H29N3O2S/c1-3-7-18-12-13-21-25(15-18)35-29(26(21)27(30)33)32-28(34)22-16-24(19-9-6-8-17(2)14-19)31-23-11-5-4-10-20(22)23/h4-6,8-11,14,16,18H,3,7,12-13,15H2,1-2H3,(H2,30,33)(H,32,34)/t18-/m1/s1. The molecular formula is C29H29N3O2S. The van der Waals surface area contributed by atoms with Crippen LogP contribution < -0.4 is 11.1 Å². The second kappa shape index (κ2) is 9.62. The van der Waals surface area contributed by atoms with Crippen molar-refractivity contribution < 1.29 is 9.59 Å². The highest BCUT2D eigenvalue weighted by molar-refractivity contribution is 7.17. The third-order valence-electron chi connectivity index (χ3n) is 6.81. The van der Waals surface area contributed by atoms with E-state index >= 15 is 0 Å². The monoisotopic (exact) mass is 483 g/mol. The van der Waals surface area contributed by atoms with Crippen LogP contribution in [0.4, 0.5) is 5.00 Å². The van der Waals surface area contributed by atoms with E-state index < -0.39 is 5.91 Å². The van der Waals surface area contributed by atoms with Gasteiger partial charge in [-0.3, -0.25) is 9.59 Å². The summed E-state index contributed by atoms with van der Waals surface area (Å²) in [4.78, 5) is 32.1. The molecule has 0 fully saturated rings. The van der Waals surface area contributed by atoms with Gasteiger partial charge in [-0.05, 0) is 55.9 Å². The molecule has 1 aliphatic rings. The molecule has 0 spiro atoms. The fourth-order valence-corrected chi connectivity index (χ4v) is 6.51. The molecule has 35 heavy (non-hydrogen) atoms. The number of rotatable bonds is 6. The number of hydrogen-bond donors (Lipinski definition) is 2. The van der Waals surface area contributed by atoms with E-state index in [1.807, 2.05) is 55.5 Å². The topological polar surface area (TPSA) is 85.1 Å². The molecule has 1 aliphatic carbocycles. The number of hydrogen-bond acceptors (Lipinski definition) is 4. The van der Waals surface area contributed by atoms with Gasteiger partial charge >= 0.3 is 0 Å². The van der Waals surface area contributed by atoms with Crippen molar-refractivity contribution in [2.75, 3.05) is 5.32 Å². The zero-order valence-electron chi connectivity index (χ0n) is 20.1. The van der Waals surface area contributed by atoms with Gasteiger partial charge in [0, 0.05) is 15.8 Å². The Labute approximate surface area is 209 Å². The Bertz CT molecular complexity index is 1440. The summed E-state index contributed by atoms with van der Waals surface area (Å²) >= 11 is 1.50. The van der Waals surface area contributed by atoms with Crippen LogP contribution in [0.3, 0.4) is 0 Å². The quantitative estimate of drug-likeness (QED) is 0.327. The molecule has 0 aliphatic heterocycles. The number of anilines is 1. The molecule has 0 saturated heterocycles. The summed E-state index contributed by atoms with van der Waals surface area (Å²) in [5, 5.41) is 4.37. The zero-order chi connectivity index (χ0) is 24.5. The molecule has 2 aromatic carbocycles.